The van der Waals surface area contributed by atoms with Crippen LogP contribution < -0.4 is 0 Å². The van der Waals surface area contributed by atoms with Crippen molar-refractivity contribution in [2.45, 2.75) is 32.0 Å². The van der Waals surface area contributed by atoms with Gasteiger partial charge in [0.15, 0.2) is 0 Å². The first-order valence-corrected chi connectivity index (χ1v) is 4.29. The van der Waals surface area contributed by atoms with E-state index in [-0.39, 0.29) is 6.10 Å². The van der Waals surface area contributed by atoms with Gasteiger partial charge in [-0.15, -0.1) is 0 Å². The first-order valence-electron chi connectivity index (χ1n) is 4.29. The lowest BCUT2D eigenvalue weighted by atomic mass is 10.1. The van der Waals surface area contributed by atoms with Gasteiger partial charge in [-0.1, -0.05) is 0 Å². The molecule has 0 aromatic carbocycles. The molecule has 3 heteroatoms. The maximum Gasteiger partial charge on any atom is 0.136 e. The smallest absolute Gasteiger partial charge is 0.136 e. The van der Waals surface area contributed by atoms with Gasteiger partial charge in [0.2, 0.25) is 0 Å². The van der Waals surface area contributed by atoms with E-state index in [0.29, 0.717) is 12.4 Å². The van der Waals surface area contributed by atoms with Gasteiger partial charge in [-0.2, -0.15) is 0 Å². The van der Waals surface area contributed by atoms with Crippen LogP contribution in [0.4, 0.5) is 0 Å². The van der Waals surface area contributed by atoms with E-state index in [1.54, 1.807) is 7.11 Å². The molecule has 2 unspecified atom stereocenters. The summed E-state index contributed by atoms with van der Waals surface area (Å²) in [5.41, 5.74) is 0. The summed E-state index contributed by atoms with van der Waals surface area (Å²) in [7, 11) is 1.58. The largest absolute Gasteiger partial charge is 0.495 e. The number of aliphatic hydroxyl groups is 1. The van der Waals surface area contributed by atoms with Crippen molar-refractivity contribution in [2.24, 2.45) is 0 Å². The Balaban J connectivity index is 2.49. The fraction of sp³-hybridized carbons (Fsp3) is 0.778. The number of aliphatic hydroxyl groups excluding tert-OH is 1. The van der Waals surface area contributed by atoms with Crippen LogP contribution in [0.15, 0.2) is 11.8 Å². The van der Waals surface area contributed by atoms with Crippen molar-refractivity contribution in [1.82, 2.24) is 0 Å². The predicted molar refractivity (Wildman–Crippen MR) is 45.7 cm³/mol. The van der Waals surface area contributed by atoms with Crippen molar-refractivity contribution < 1.29 is 14.6 Å². The molecular weight excluding hydrogens is 156 g/mol. The molecule has 1 aliphatic heterocycles. The Kier molecular flexibility index (Phi) is 3.56. The molecule has 3 nitrogen and oxygen atoms in total. The predicted octanol–water partition coefficient (Wildman–Crippen LogP) is 1.08. The van der Waals surface area contributed by atoms with Crippen molar-refractivity contribution in [3.63, 3.8) is 0 Å². The summed E-state index contributed by atoms with van der Waals surface area (Å²) in [4.78, 5) is 0. The molecule has 1 heterocycles. The first kappa shape index (κ1) is 9.55. The first-order chi connectivity index (χ1) is 5.75. The van der Waals surface area contributed by atoms with Gasteiger partial charge in [0.1, 0.15) is 11.9 Å². The van der Waals surface area contributed by atoms with Gasteiger partial charge in [0, 0.05) is 7.11 Å². The Hall–Kier alpha value is -0.540. The number of allylic oxidation sites excluding steroid dienone is 1. The Bertz CT molecular complexity index is 165. The van der Waals surface area contributed by atoms with Gasteiger partial charge in [-0.3, -0.25) is 0 Å². The Morgan fingerprint density at radius 2 is 2.42 bits per heavy atom. The van der Waals surface area contributed by atoms with Crippen molar-refractivity contribution in [3.05, 3.63) is 11.8 Å². The monoisotopic (exact) mass is 172 g/mol. The van der Waals surface area contributed by atoms with Crippen molar-refractivity contribution in [2.75, 3.05) is 13.7 Å². The number of hydrogen-bond donors (Lipinski definition) is 1. The molecule has 70 valence electrons. The molecule has 0 fully saturated rings. The average molecular weight is 172 g/mol. The highest BCUT2D eigenvalue weighted by Gasteiger charge is 2.20. The molecule has 0 amide bonds. The molecular formula is C9H16O3. The molecule has 0 saturated carbocycles. The summed E-state index contributed by atoms with van der Waals surface area (Å²) in [5, 5.41) is 9.62. The molecule has 1 aliphatic rings. The third-order valence-electron chi connectivity index (χ3n) is 2.07. The zero-order valence-corrected chi connectivity index (χ0v) is 7.62. The van der Waals surface area contributed by atoms with Crippen LogP contribution in [-0.2, 0) is 9.47 Å². The molecule has 0 radical (unpaired) electrons. The van der Waals surface area contributed by atoms with Crippen LogP contribution in [0.2, 0.25) is 0 Å². The van der Waals surface area contributed by atoms with Crippen LogP contribution in [-0.4, -0.2) is 31.0 Å². The maximum atomic E-state index is 9.62. The molecule has 0 spiro atoms. The summed E-state index contributed by atoms with van der Waals surface area (Å²) in [5.74, 6) is 0.663. The van der Waals surface area contributed by atoms with Crippen LogP contribution >= 0.6 is 0 Å². The van der Waals surface area contributed by atoms with Crippen LogP contribution in [0, 0.1) is 0 Å². The number of rotatable bonds is 3. The standard InChI is InChI=1S/C9H16O3/c1-7(11-2)9(10)8-5-3-4-6-12-8/h5,7,9-10H,3-4,6H2,1-2H3. The molecule has 1 rings (SSSR count). The Morgan fingerprint density at radius 3 is 2.92 bits per heavy atom. The second-order valence-corrected chi connectivity index (χ2v) is 2.98. The van der Waals surface area contributed by atoms with E-state index in [1.807, 2.05) is 13.0 Å². The summed E-state index contributed by atoms with van der Waals surface area (Å²) >= 11 is 0. The fourth-order valence-corrected chi connectivity index (χ4v) is 1.14. The van der Waals surface area contributed by atoms with Gasteiger partial charge in [0.25, 0.3) is 0 Å². The molecule has 0 aliphatic carbocycles. The van der Waals surface area contributed by atoms with Gasteiger partial charge in [0.05, 0.1) is 12.7 Å². The summed E-state index contributed by atoms with van der Waals surface area (Å²) in [6, 6.07) is 0. The molecule has 2 atom stereocenters. The molecule has 1 N–H and O–H groups in total. The Morgan fingerprint density at radius 1 is 1.67 bits per heavy atom. The summed E-state index contributed by atoms with van der Waals surface area (Å²) in [6.45, 7) is 2.53. The van der Waals surface area contributed by atoms with E-state index in [0.717, 1.165) is 12.8 Å². The Labute approximate surface area is 73.0 Å². The van der Waals surface area contributed by atoms with Crippen LogP contribution in [0.5, 0.6) is 0 Å². The van der Waals surface area contributed by atoms with E-state index in [9.17, 15) is 5.11 Å². The number of hydrogen-bond acceptors (Lipinski definition) is 3. The lowest BCUT2D eigenvalue weighted by Gasteiger charge is -2.23. The van der Waals surface area contributed by atoms with Crippen molar-refractivity contribution >= 4 is 0 Å². The third kappa shape index (κ3) is 2.22. The lowest BCUT2D eigenvalue weighted by molar-refractivity contribution is -0.0153. The van der Waals surface area contributed by atoms with E-state index >= 15 is 0 Å². The highest BCUT2D eigenvalue weighted by Crippen LogP contribution is 2.16. The average Bonchev–Trinajstić information content (AvgIpc) is 2.17. The van der Waals surface area contributed by atoms with Crippen LogP contribution in [0.1, 0.15) is 19.8 Å². The van der Waals surface area contributed by atoms with Gasteiger partial charge < -0.3 is 14.6 Å². The third-order valence-corrected chi connectivity index (χ3v) is 2.07. The second-order valence-electron chi connectivity index (χ2n) is 2.98. The minimum atomic E-state index is -0.615. The van der Waals surface area contributed by atoms with Crippen molar-refractivity contribution in [3.8, 4) is 0 Å². The van der Waals surface area contributed by atoms with E-state index < -0.39 is 6.10 Å². The highest BCUT2D eigenvalue weighted by molar-refractivity contribution is 5.04. The number of methoxy groups -OCH3 is 1. The normalized spacial score (nSPS) is 22.4. The minimum Gasteiger partial charge on any atom is -0.495 e. The summed E-state index contributed by atoms with van der Waals surface area (Å²) in [6.07, 6.45) is 3.15. The van der Waals surface area contributed by atoms with Gasteiger partial charge in [-0.25, -0.2) is 0 Å². The second kappa shape index (κ2) is 4.48. The maximum absolute atomic E-state index is 9.62. The zero-order chi connectivity index (χ0) is 8.97. The molecule has 0 aromatic heterocycles. The zero-order valence-electron chi connectivity index (χ0n) is 7.62. The quantitative estimate of drug-likeness (QED) is 0.692. The van der Waals surface area contributed by atoms with Gasteiger partial charge in [-0.05, 0) is 25.8 Å². The highest BCUT2D eigenvalue weighted by atomic mass is 16.5. The summed E-state index contributed by atoms with van der Waals surface area (Å²) < 4.78 is 10.3. The van der Waals surface area contributed by atoms with Gasteiger partial charge >= 0.3 is 0 Å². The minimum absolute atomic E-state index is 0.200. The molecule has 0 saturated heterocycles. The van der Waals surface area contributed by atoms with E-state index in [2.05, 4.69) is 0 Å². The molecule has 0 bridgehead atoms. The number of ether oxygens (including phenoxy) is 2. The van der Waals surface area contributed by atoms with Crippen LogP contribution in [0.25, 0.3) is 0 Å². The van der Waals surface area contributed by atoms with E-state index in [4.69, 9.17) is 9.47 Å². The molecule has 12 heavy (non-hydrogen) atoms. The molecule has 0 aromatic rings. The topological polar surface area (TPSA) is 38.7 Å². The van der Waals surface area contributed by atoms with E-state index in [1.165, 1.54) is 0 Å². The van der Waals surface area contributed by atoms with Crippen LogP contribution in [0.3, 0.4) is 0 Å². The van der Waals surface area contributed by atoms with Crippen molar-refractivity contribution in [1.29, 1.82) is 0 Å². The lowest BCUT2D eigenvalue weighted by Crippen LogP contribution is -2.29. The fourth-order valence-electron chi connectivity index (χ4n) is 1.14. The SMILES string of the molecule is COC(C)C(O)C1=CCCCO1.